The summed E-state index contributed by atoms with van der Waals surface area (Å²) in [5.74, 6) is 0.441. The lowest BCUT2D eigenvalue weighted by Gasteiger charge is -2.20. The number of Topliss-reactive ketones (excluding diaryl/α,β-unsaturated/α-hetero) is 1. The minimum atomic E-state index is 0.131. The van der Waals surface area contributed by atoms with Crippen molar-refractivity contribution >= 4 is 5.78 Å². The van der Waals surface area contributed by atoms with E-state index < -0.39 is 0 Å². The normalized spacial score (nSPS) is 12.5. The van der Waals surface area contributed by atoms with Gasteiger partial charge in [-0.1, -0.05) is 101 Å². The highest BCUT2D eigenvalue weighted by molar-refractivity contribution is 5.97. The highest BCUT2D eigenvalue weighted by Crippen LogP contribution is 2.18. The maximum atomic E-state index is 12.7. The van der Waals surface area contributed by atoms with Gasteiger partial charge in [0.15, 0.2) is 5.78 Å². The molecule has 0 unspecified atom stereocenters. The molecule has 0 N–H and O–H groups in total. The van der Waals surface area contributed by atoms with Crippen LogP contribution in [0.2, 0.25) is 0 Å². The molecule has 142 valence electrons. The minimum absolute atomic E-state index is 0.131. The van der Waals surface area contributed by atoms with E-state index >= 15 is 0 Å². The summed E-state index contributed by atoms with van der Waals surface area (Å²) >= 11 is 0. The lowest BCUT2D eigenvalue weighted by atomic mass is 9.91. The zero-order valence-electron chi connectivity index (χ0n) is 16.8. The van der Waals surface area contributed by atoms with E-state index in [2.05, 4.69) is 25.9 Å². The average molecular weight is 346 g/mol. The van der Waals surface area contributed by atoms with Crippen LogP contribution in [0.5, 0.6) is 0 Å². The number of hydrogen-bond donors (Lipinski definition) is 0. The van der Waals surface area contributed by atoms with Crippen molar-refractivity contribution < 1.29 is 4.79 Å². The molecule has 0 aliphatic rings. The maximum absolute atomic E-state index is 12.7. The van der Waals surface area contributed by atoms with Gasteiger partial charge >= 0.3 is 0 Å². The van der Waals surface area contributed by atoms with E-state index in [1.54, 1.807) is 0 Å². The Bertz CT molecular complexity index is 441. The van der Waals surface area contributed by atoms with Crippen molar-refractivity contribution in [3.8, 4) is 0 Å². The molecular formula is C23H39NO. The molecule has 0 fully saturated rings. The van der Waals surface area contributed by atoms with E-state index in [4.69, 9.17) is 0 Å². The summed E-state index contributed by atoms with van der Waals surface area (Å²) < 4.78 is 0. The predicted molar refractivity (Wildman–Crippen MR) is 109 cm³/mol. The minimum Gasteiger partial charge on any atom is -0.309 e. The molecule has 0 spiro atoms. The van der Waals surface area contributed by atoms with Gasteiger partial charge in [0.2, 0.25) is 0 Å². The lowest BCUT2D eigenvalue weighted by molar-refractivity contribution is 0.0887. The Labute approximate surface area is 156 Å². The van der Waals surface area contributed by atoms with E-state index in [1.165, 1.54) is 64.2 Å². The van der Waals surface area contributed by atoms with Crippen molar-refractivity contribution in [2.75, 3.05) is 20.6 Å². The maximum Gasteiger partial charge on any atom is 0.167 e. The van der Waals surface area contributed by atoms with Gasteiger partial charge < -0.3 is 4.90 Å². The summed E-state index contributed by atoms with van der Waals surface area (Å²) in [4.78, 5) is 14.9. The molecule has 1 atom stereocenters. The van der Waals surface area contributed by atoms with E-state index in [0.717, 1.165) is 18.5 Å². The van der Waals surface area contributed by atoms with Gasteiger partial charge in [0.1, 0.15) is 0 Å². The molecule has 0 radical (unpaired) electrons. The van der Waals surface area contributed by atoms with Crippen LogP contribution in [0.25, 0.3) is 0 Å². The number of carbonyl (C=O) groups excluding carboxylic acids is 1. The lowest BCUT2D eigenvalue weighted by Crippen LogP contribution is -2.28. The van der Waals surface area contributed by atoms with Crippen molar-refractivity contribution in [1.82, 2.24) is 4.90 Å². The predicted octanol–water partition coefficient (Wildman–Crippen LogP) is 6.36. The Balaban J connectivity index is 2.22. The smallest absolute Gasteiger partial charge is 0.167 e. The van der Waals surface area contributed by atoms with Crippen LogP contribution in [0.1, 0.15) is 87.9 Å². The van der Waals surface area contributed by atoms with Crippen LogP contribution in [-0.4, -0.2) is 31.3 Å². The van der Waals surface area contributed by atoms with Crippen LogP contribution >= 0.6 is 0 Å². The standard InChI is InChI=1S/C23H39NO/c1-4-5-6-7-8-9-10-11-12-14-19-22(20-24(2)3)23(25)21-17-15-13-16-18-21/h13,15-18,22H,4-12,14,19-20H2,1-3H3/t22-/m1/s1. The number of benzene rings is 1. The first kappa shape index (κ1) is 21.9. The molecular weight excluding hydrogens is 306 g/mol. The van der Waals surface area contributed by atoms with E-state index in [9.17, 15) is 4.79 Å². The summed E-state index contributed by atoms with van der Waals surface area (Å²) in [6.45, 7) is 3.12. The molecule has 0 heterocycles. The van der Waals surface area contributed by atoms with Gasteiger partial charge in [-0.2, -0.15) is 0 Å². The van der Waals surface area contributed by atoms with E-state index in [-0.39, 0.29) is 5.92 Å². The van der Waals surface area contributed by atoms with Crippen molar-refractivity contribution in [3.63, 3.8) is 0 Å². The number of ketones is 1. The van der Waals surface area contributed by atoms with Gasteiger partial charge in [-0.25, -0.2) is 0 Å². The number of hydrogen-bond acceptors (Lipinski definition) is 2. The average Bonchev–Trinajstić information content (AvgIpc) is 2.62. The SMILES string of the molecule is CCCCCCCCCCCC[C@H](CN(C)C)C(=O)c1ccccc1. The van der Waals surface area contributed by atoms with Gasteiger partial charge in [0, 0.05) is 18.0 Å². The van der Waals surface area contributed by atoms with Crippen LogP contribution in [-0.2, 0) is 0 Å². The number of unbranched alkanes of at least 4 members (excludes halogenated alkanes) is 9. The molecule has 0 aliphatic carbocycles. The molecule has 0 saturated carbocycles. The molecule has 2 nitrogen and oxygen atoms in total. The van der Waals surface area contributed by atoms with Gasteiger partial charge in [-0.05, 0) is 20.5 Å². The van der Waals surface area contributed by atoms with Crippen molar-refractivity contribution in [2.45, 2.75) is 77.6 Å². The molecule has 0 aromatic heterocycles. The zero-order valence-corrected chi connectivity index (χ0v) is 16.8. The van der Waals surface area contributed by atoms with Crippen molar-refractivity contribution in [3.05, 3.63) is 35.9 Å². The summed E-state index contributed by atoms with van der Waals surface area (Å²) in [7, 11) is 4.12. The molecule has 0 aliphatic heterocycles. The summed E-state index contributed by atoms with van der Waals surface area (Å²) in [5.41, 5.74) is 0.862. The third-order valence-corrected chi connectivity index (χ3v) is 4.92. The number of rotatable bonds is 15. The van der Waals surface area contributed by atoms with Gasteiger partial charge in [-0.3, -0.25) is 4.79 Å². The second kappa shape index (κ2) is 14.1. The van der Waals surface area contributed by atoms with Crippen LogP contribution in [0.15, 0.2) is 30.3 Å². The molecule has 0 amide bonds. The molecule has 1 aromatic rings. The Hall–Kier alpha value is -1.15. The molecule has 1 aromatic carbocycles. The Kier molecular flexibility index (Phi) is 12.3. The largest absolute Gasteiger partial charge is 0.309 e. The first-order chi connectivity index (χ1) is 12.1. The quantitative estimate of drug-likeness (QED) is 0.272. The van der Waals surface area contributed by atoms with Crippen molar-refractivity contribution in [2.24, 2.45) is 5.92 Å². The van der Waals surface area contributed by atoms with Crippen LogP contribution in [0.4, 0.5) is 0 Å². The molecule has 0 saturated heterocycles. The fraction of sp³-hybridized carbons (Fsp3) is 0.696. The fourth-order valence-corrected chi connectivity index (χ4v) is 3.46. The van der Waals surface area contributed by atoms with Crippen molar-refractivity contribution in [1.29, 1.82) is 0 Å². The van der Waals surface area contributed by atoms with Crippen LogP contribution < -0.4 is 0 Å². The molecule has 0 bridgehead atoms. The Morgan fingerprint density at radius 3 is 1.88 bits per heavy atom. The second-order valence-corrected chi connectivity index (χ2v) is 7.66. The molecule has 1 rings (SSSR count). The Morgan fingerprint density at radius 2 is 1.36 bits per heavy atom. The zero-order chi connectivity index (χ0) is 18.3. The highest BCUT2D eigenvalue weighted by atomic mass is 16.1. The topological polar surface area (TPSA) is 20.3 Å². The molecule has 25 heavy (non-hydrogen) atoms. The number of nitrogens with zero attached hydrogens (tertiary/aromatic N) is 1. The number of carbonyl (C=O) groups is 1. The summed E-state index contributed by atoms with van der Waals surface area (Å²) in [5, 5.41) is 0. The van der Waals surface area contributed by atoms with E-state index in [1.807, 2.05) is 30.3 Å². The van der Waals surface area contributed by atoms with Gasteiger partial charge in [0.25, 0.3) is 0 Å². The summed E-state index contributed by atoms with van der Waals surface area (Å²) in [6, 6.07) is 9.79. The first-order valence-electron chi connectivity index (χ1n) is 10.4. The van der Waals surface area contributed by atoms with Gasteiger partial charge in [-0.15, -0.1) is 0 Å². The third kappa shape index (κ3) is 10.4. The monoisotopic (exact) mass is 345 g/mol. The van der Waals surface area contributed by atoms with Gasteiger partial charge in [0.05, 0.1) is 0 Å². The fourth-order valence-electron chi connectivity index (χ4n) is 3.46. The van der Waals surface area contributed by atoms with Crippen LogP contribution in [0, 0.1) is 5.92 Å². The highest BCUT2D eigenvalue weighted by Gasteiger charge is 2.20. The second-order valence-electron chi connectivity index (χ2n) is 7.66. The third-order valence-electron chi connectivity index (χ3n) is 4.92. The Morgan fingerprint density at radius 1 is 0.840 bits per heavy atom. The molecule has 2 heteroatoms. The first-order valence-corrected chi connectivity index (χ1v) is 10.4. The van der Waals surface area contributed by atoms with E-state index in [0.29, 0.717) is 5.78 Å². The van der Waals surface area contributed by atoms with Crippen LogP contribution in [0.3, 0.4) is 0 Å². The summed E-state index contributed by atoms with van der Waals surface area (Å²) in [6.07, 6.45) is 14.5.